The van der Waals surface area contributed by atoms with E-state index in [-0.39, 0.29) is 53.5 Å². The second kappa shape index (κ2) is 26.9. The van der Waals surface area contributed by atoms with Crippen LogP contribution in [0.2, 0.25) is 20.1 Å². The van der Waals surface area contributed by atoms with Gasteiger partial charge in [0.2, 0.25) is 0 Å². The number of ether oxygens (including phenoxy) is 2. The number of nitrogens with zero attached hydrogens (tertiary/aromatic N) is 3. The van der Waals surface area contributed by atoms with Crippen LogP contribution < -0.4 is 26.6 Å². The molecule has 6 fully saturated rings. The lowest BCUT2D eigenvalue weighted by atomic mass is 9.98. The summed E-state index contributed by atoms with van der Waals surface area (Å²) in [6, 6.07) is 29.1. The maximum absolute atomic E-state index is 12.7. The number of fused-ring (bicyclic) bond motifs is 6. The summed E-state index contributed by atoms with van der Waals surface area (Å²) in [6.07, 6.45) is 11.9. The van der Waals surface area contributed by atoms with Crippen LogP contribution in [0, 0.1) is 23.5 Å². The van der Waals surface area contributed by atoms with Crippen molar-refractivity contribution in [3.05, 3.63) is 179 Å². The minimum absolute atomic E-state index is 0. The Kier molecular flexibility index (Phi) is 19.4. The number of piperidine rings is 2. The molecule has 4 saturated carbocycles. The van der Waals surface area contributed by atoms with Gasteiger partial charge in [-0.05, 0) is 173 Å². The Morgan fingerprint density at radius 2 is 1.17 bits per heavy atom. The number of aromatic nitrogens is 2. The molecule has 8 aliphatic rings. The van der Waals surface area contributed by atoms with E-state index in [1.165, 1.54) is 42.4 Å². The van der Waals surface area contributed by atoms with Crippen LogP contribution in [0.4, 0.5) is 14.5 Å². The molecule has 5 aromatic carbocycles. The Hall–Kier alpha value is -5.15. The number of benzene rings is 5. The Bertz CT molecular complexity index is 3490. The van der Waals surface area contributed by atoms with Crippen LogP contribution in [0.3, 0.4) is 0 Å². The molecule has 20 heteroatoms. The summed E-state index contributed by atoms with van der Waals surface area (Å²) >= 11 is 25.8. The zero-order valence-electron chi connectivity index (χ0n) is 46.1. The van der Waals surface area contributed by atoms with Gasteiger partial charge in [-0.15, -0.1) is 24.0 Å². The zero-order valence-corrected chi connectivity index (χ0v) is 51.5. The van der Waals surface area contributed by atoms with E-state index in [4.69, 9.17) is 70.7 Å². The van der Waals surface area contributed by atoms with Gasteiger partial charge in [-0.3, -0.25) is 9.59 Å². The number of nitrogens with one attached hydrogen (secondary N) is 3. The zero-order chi connectivity index (χ0) is 57.3. The fourth-order valence-corrected chi connectivity index (χ4v) is 13.9. The van der Waals surface area contributed by atoms with Crippen LogP contribution in [0.5, 0.6) is 0 Å². The lowest BCUT2D eigenvalue weighted by Gasteiger charge is -2.34. The summed E-state index contributed by atoms with van der Waals surface area (Å²) < 4.78 is 49.5. The number of hydrogen-bond donors (Lipinski definition) is 4. The molecule has 0 unspecified atom stereocenters. The molecular weight excluding hydrogens is 1270 g/mol. The van der Waals surface area contributed by atoms with Gasteiger partial charge in [0.15, 0.2) is 0 Å². The smallest absolute Gasteiger partial charge is 0.251 e. The molecule has 2 saturated heterocycles. The predicted octanol–water partition coefficient (Wildman–Crippen LogP) is 13.8. The number of halogens is 7. The molecule has 84 heavy (non-hydrogen) atoms. The molecule has 4 aliphatic carbocycles. The van der Waals surface area contributed by atoms with Crippen LogP contribution in [-0.2, 0) is 41.9 Å². The Morgan fingerprint density at radius 1 is 0.631 bits per heavy atom. The molecule has 5 N–H and O–H groups in total. The first-order valence-electron chi connectivity index (χ1n) is 28.9. The molecule has 4 aliphatic heterocycles. The molecule has 6 atom stereocenters. The quantitative estimate of drug-likeness (QED) is 0.0811. The normalized spacial score (nSPS) is 22.3. The highest BCUT2D eigenvalue weighted by molar-refractivity contribution is 14.0. The summed E-state index contributed by atoms with van der Waals surface area (Å²) in [6.45, 7) is 4.90. The highest BCUT2D eigenvalue weighted by Gasteiger charge is 2.46. The number of anilines is 1. The van der Waals surface area contributed by atoms with Crippen molar-refractivity contribution in [3.8, 4) is 22.5 Å². The first-order chi connectivity index (χ1) is 40.4. The largest absolute Gasteiger partial charge is 0.373 e. The lowest BCUT2D eigenvalue weighted by molar-refractivity contribution is 0.00913. The van der Waals surface area contributed by atoms with Crippen molar-refractivity contribution in [1.82, 2.24) is 26.3 Å². The molecule has 15 rings (SSSR count). The van der Waals surface area contributed by atoms with E-state index < -0.39 is 0 Å². The number of amides is 2. The van der Waals surface area contributed by atoms with Crippen molar-refractivity contribution in [2.75, 3.05) is 37.6 Å². The molecule has 6 heterocycles. The topological polar surface area (TPSA) is 170 Å². The summed E-state index contributed by atoms with van der Waals surface area (Å²) in [5, 5.41) is 20.2. The van der Waals surface area contributed by atoms with Crippen molar-refractivity contribution in [2.45, 2.75) is 120 Å². The van der Waals surface area contributed by atoms with Gasteiger partial charge in [0.25, 0.3) is 11.8 Å². The molecule has 7 aromatic rings. The third-order valence-electron chi connectivity index (χ3n) is 17.3. The van der Waals surface area contributed by atoms with Gasteiger partial charge in [0, 0.05) is 95.1 Å². The maximum atomic E-state index is 12.7. The summed E-state index contributed by atoms with van der Waals surface area (Å²) in [7, 11) is 0. The standard InChI is InChI=1S/C28H27Cl2N3O3.C19H20Cl2N2O2.C9H8FNO.C8H10FN.HI/c29-22-2-1-3-23(30)25(22)26-21(27(36-32-26)15-4-5-15)14-35-24-12-19-11-17(24)13-33(19)18-6-7-20-16(10-18)8-9-31-28(20)34;20-14-2-1-3-15(21)17(14)18-13(19(25-23-18)10-4-5-10)9-24-16-7-12-6-11(16)8-22-12;10-7-1-2-8-6(5-7)3-4-11-9(8)12;9-8-3-1-2-7(6-8)4-5-10;/h1-3,6-7,10,15,17,19,24H,4-5,8-9,11-14H2,(H,31,34);1-3,10-12,16,22H,4-9H2;1-2,5H,3-4H2,(H,11,12);1-3,6H,4-5,10H2;1H/t17-,19-,24+;11-,12-,16+;;;/m00.../s1. The first kappa shape index (κ1) is 60.5. The monoisotopic (exact) mass is 1330 g/mol. The number of nitrogens with two attached hydrogens (primary N) is 1. The third-order valence-corrected chi connectivity index (χ3v) is 18.5. The van der Waals surface area contributed by atoms with Crippen LogP contribution in [0.25, 0.3) is 22.5 Å². The first-order valence-corrected chi connectivity index (χ1v) is 30.4. The number of carbonyl (C=O) groups excluding carboxylic acids is 2. The van der Waals surface area contributed by atoms with E-state index in [0.717, 1.165) is 139 Å². The van der Waals surface area contributed by atoms with Crippen molar-refractivity contribution in [1.29, 1.82) is 0 Å². The molecule has 0 spiro atoms. The van der Waals surface area contributed by atoms with E-state index in [1.807, 2.05) is 48.5 Å². The van der Waals surface area contributed by atoms with Gasteiger partial charge in [0.1, 0.15) is 34.5 Å². The Labute approximate surface area is 524 Å². The van der Waals surface area contributed by atoms with Crippen LogP contribution in [-0.4, -0.2) is 79.1 Å². The molecule has 2 aromatic heterocycles. The molecule has 442 valence electrons. The Balaban J connectivity index is 0.000000132. The van der Waals surface area contributed by atoms with Gasteiger partial charge in [-0.2, -0.15) is 0 Å². The number of rotatable bonds is 13. The molecule has 2 amide bonds. The van der Waals surface area contributed by atoms with Crippen molar-refractivity contribution in [3.63, 3.8) is 0 Å². The SMILES string of the molecule is Clc1cccc(Cl)c1-c1noc(C2CC2)c1CO[C@@H]1C[C@@H]2C[C@H]1CN2.I.NCCc1cccc(F)c1.O=C1NCCc2cc(F)ccc21.O=C1NCCc2cc(N3C[C@@H]4C[C@H]3C[C@H]4OCc3c(-c4c(Cl)cccc4Cl)noc3C3CC3)ccc21. The lowest BCUT2D eigenvalue weighted by Crippen LogP contribution is -2.39. The van der Waals surface area contributed by atoms with Gasteiger partial charge in [-0.25, -0.2) is 8.78 Å². The number of hydrogen-bond acceptors (Lipinski definition) is 11. The number of carbonyl (C=O) groups is 2. The van der Waals surface area contributed by atoms with Crippen molar-refractivity contribution >= 4 is 87.9 Å². The van der Waals surface area contributed by atoms with E-state index in [0.29, 0.717) is 106 Å². The fourth-order valence-electron chi connectivity index (χ4n) is 12.7. The van der Waals surface area contributed by atoms with Crippen molar-refractivity contribution in [2.24, 2.45) is 17.6 Å². The van der Waals surface area contributed by atoms with Gasteiger partial charge >= 0.3 is 0 Å². The molecule has 0 radical (unpaired) electrons. The van der Waals surface area contributed by atoms with Crippen LogP contribution >= 0.6 is 70.4 Å². The van der Waals surface area contributed by atoms with E-state index >= 15 is 0 Å². The van der Waals surface area contributed by atoms with E-state index in [2.05, 4.69) is 43.3 Å². The highest BCUT2D eigenvalue weighted by Crippen LogP contribution is 2.49. The molecule has 4 bridgehead atoms. The second-order valence-electron chi connectivity index (χ2n) is 22.9. The Morgan fingerprint density at radius 3 is 1.67 bits per heavy atom. The van der Waals surface area contributed by atoms with Gasteiger partial charge in [0.05, 0.1) is 45.5 Å². The average Bonchev–Trinajstić information content (AvgIpc) is 3.10. The minimum atomic E-state index is -0.275. The third kappa shape index (κ3) is 13.5. The van der Waals surface area contributed by atoms with Gasteiger partial charge < -0.3 is 45.1 Å². The van der Waals surface area contributed by atoms with Crippen molar-refractivity contribution < 1.29 is 36.9 Å². The van der Waals surface area contributed by atoms with Crippen LogP contribution in [0.1, 0.15) is 123 Å². The summed E-state index contributed by atoms with van der Waals surface area (Å²) in [4.78, 5) is 25.8. The minimum Gasteiger partial charge on any atom is -0.373 e. The molecule has 13 nitrogen and oxygen atoms in total. The predicted molar refractivity (Wildman–Crippen MR) is 333 cm³/mol. The van der Waals surface area contributed by atoms with Gasteiger partial charge in [-0.1, -0.05) is 81.0 Å². The van der Waals surface area contributed by atoms with E-state index in [1.54, 1.807) is 6.07 Å². The second-order valence-corrected chi connectivity index (χ2v) is 24.5. The van der Waals surface area contributed by atoms with E-state index in [9.17, 15) is 18.4 Å². The summed E-state index contributed by atoms with van der Waals surface area (Å²) in [5.41, 5.74) is 15.7. The van der Waals surface area contributed by atoms with Crippen LogP contribution in [0.15, 0.2) is 106 Å². The highest BCUT2D eigenvalue weighted by atomic mass is 127. The maximum Gasteiger partial charge on any atom is 0.251 e. The average molecular weight is 1340 g/mol. The molecular formula is C64H66Cl4F2IN7O6. The fraction of sp³-hybridized carbons (Fsp3) is 0.406. The summed E-state index contributed by atoms with van der Waals surface area (Å²) in [5.74, 6) is 3.32.